The van der Waals surface area contributed by atoms with Crippen molar-refractivity contribution < 1.29 is 9.53 Å². The number of nitrogens with zero attached hydrogens (tertiary/aromatic N) is 1. The number of piperazine rings is 1. The summed E-state index contributed by atoms with van der Waals surface area (Å²) >= 11 is 0. The summed E-state index contributed by atoms with van der Waals surface area (Å²) in [6.07, 6.45) is 1.33. The van der Waals surface area contributed by atoms with Gasteiger partial charge in [0.2, 0.25) is 0 Å². The predicted octanol–water partition coefficient (Wildman–Crippen LogP) is 1.65. The van der Waals surface area contributed by atoms with Crippen molar-refractivity contribution >= 4 is 22.9 Å². The first kappa shape index (κ1) is 14.5. The van der Waals surface area contributed by atoms with E-state index in [1.165, 1.54) is 6.21 Å². The van der Waals surface area contributed by atoms with E-state index in [-0.39, 0.29) is 12.5 Å². The molecule has 1 amide bonds. The standard InChI is InChI=1S/C17H19N3O2/c18-11-13-5-6-16(15-4-2-1-3-14(13)15)22-12-17(21)20-9-7-19-8-10-20/h1-6,11,18-19H,7-10,12H2. The number of hydrogen-bond donors (Lipinski definition) is 2. The van der Waals surface area contributed by atoms with Crippen LogP contribution in [0.3, 0.4) is 0 Å². The van der Waals surface area contributed by atoms with Gasteiger partial charge >= 0.3 is 0 Å². The van der Waals surface area contributed by atoms with E-state index >= 15 is 0 Å². The average Bonchev–Trinajstić information content (AvgIpc) is 2.60. The number of fused-ring (bicyclic) bond motifs is 1. The molecule has 1 saturated heterocycles. The highest BCUT2D eigenvalue weighted by Crippen LogP contribution is 2.27. The van der Waals surface area contributed by atoms with Gasteiger partial charge in [-0.15, -0.1) is 0 Å². The molecule has 2 N–H and O–H groups in total. The molecule has 0 atom stereocenters. The lowest BCUT2D eigenvalue weighted by Crippen LogP contribution is -2.47. The molecular weight excluding hydrogens is 278 g/mol. The molecule has 114 valence electrons. The highest BCUT2D eigenvalue weighted by atomic mass is 16.5. The van der Waals surface area contributed by atoms with Crippen molar-refractivity contribution in [3.63, 3.8) is 0 Å². The molecule has 0 saturated carbocycles. The van der Waals surface area contributed by atoms with Crippen molar-refractivity contribution in [2.24, 2.45) is 0 Å². The smallest absolute Gasteiger partial charge is 0.260 e. The Labute approximate surface area is 129 Å². The zero-order chi connectivity index (χ0) is 15.4. The van der Waals surface area contributed by atoms with Gasteiger partial charge in [-0.2, -0.15) is 0 Å². The molecule has 0 unspecified atom stereocenters. The maximum absolute atomic E-state index is 12.2. The zero-order valence-electron chi connectivity index (χ0n) is 12.3. The number of rotatable bonds is 4. The van der Waals surface area contributed by atoms with Crippen LogP contribution in [0.4, 0.5) is 0 Å². The molecule has 0 bridgehead atoms. The Kier molecular flexibility index (Phi) is 4.34. The van der Waals surface area contributed by atoms with Crippen molar-refractivity contribution in [3.8, 4) is 5.75 Å². The van der Waals surface area contributed by atoms with Gasteiger partial charge in [-0.3, -0.25) is 4.79 Å². The number of ether oxygens (including phenoxy) is 1. The van der Waals surface area contributed by atoms with Crippen LogP contribution in [0.5, 0.6) is 5.75 Å². The highest BCUT2D eigenvalue weighted by molar-refractivity contribution is 6.01. The van der Waals surface area contributed by atoms with E-state index in [9.17, 15) is 4.79 Å². The van der Waals surface area contributed by atoms with Crippen LogP contribution in [0, 0.1) is 5.41 Å². The van der Waals surface area contributed by atoms with Gasteiger partial charge < -0.3 is 20.4 Å². The third-order valence-corrected chi connectivity index (χ3v) is 3.89. The van der Waals surface area contributed by atoms with E-state index in [0.717, 1.165) is 42.5 Å². The van der Waals surface area contributed by atoms with E-state index in [1.807, 2.05) is 41.3 Å². The second kappa shape index (κ2) is 6.58. The molecule has 1 heterocycles. The second-order valence-electron chi connectivity index (χ2n) is 5.26. The Morgan fingerprint density at radius 2 is 1.91 bits per heavy atom. The van der Waals surface area contributed by atoms with Crippen molar-refractivity contribution in [2.75, 3.05) is 32.8 Å². The number of carbonyl (C=O) groups is 1. The van der Waals surface area contributed by atoms with Gasteiger partial charge in [0.25, 0.3) is 5.91 Å². The Hall–Kier alpha value is -2.40. The minimum absolute atomic E-state index is 0.0155. The summed E-state index contributed by atoms with van der Waals surface area (Å²) in [6.45, 7) is 3.19. The molecule has 0 aromatic heterocycles. The van der Waals surface area contributed by atoms with Crippen molar-refractivity contribution in [3.05, 3.63) is 42.0 Å². The SMILES string of the molecule is N=Cc1ccc(OCC(=O)N2CCNCC2)c2ccccc12. The fourth-order valence-electron chi connectivity index (χ4n) is 2.69. The maximum atomic E-state index is 12.2. The quantitative estimate of drug-likeness (QED) is 0.843. The summed E-state index contributed by atoms with van der Waals surface area (Å²) in [5.41, 5.74) is 0.844. The van der Waals surface area contributed by atoms with Gasteiger partial charge in [-0.1, -0.05) is 24.3 Å². The maximum Gasteiger partial charge on any atom is 0.260 e. The molecule has 0 aliphatic carbocycles. The normalized spacial score (nSPS) is 14.8. The molecule has 3 rings (SSSR count). The Balaban J connectivity index is 1.76. The molecule has 2 aromatic carbocycles. The first-order valence-electron chi connectivity index (χ1n) is 7.43. The number of carbonyl (C=O) groups excluding carboxylic acids is 1. The first-order valence-corrected chi connectivity index (χ1v) is 7.43. The molecule has 2 aromatic rings. The largest absolute Gasteiger partial charge is 0.483 e. The predicted molar refractivity (Wildman–Crippen MR) is 86.8 cm³/mol. The third kappa shape index (κ3) is 2.94. The number of nitrogens with one attached hydrogen (secondary N) is 2. The summed E-state index contributed by atoms with van der Waals surface area (Å²) in [4.78, 5) is 14.0. The summed E-state index contributed by atoms with van der Waals surface area (Å²) in [6, 6.07) is 11.5. The second-order valence-corrected chi connectivity index (χ2v) is 5.26. The van der Waals surface area contributed by atoms with Crippen LogP contribution in [-0.2, 0) is 4.79 Å². The minimum atomic E-state index is 0.0155. The Bertz CT molecular complexity index is 693. The molecule has 1 aliphatic heterocycles. The van der Waals surface area contributed by atoms with E-state index in [2.05, 4.69) is 5.32 Å². The van der Waals surface area contributed by atoms with Crippen LogP contribution in [0.2, 0.25) is 0 Å². The summed E-state index contributed by atoms with van der Waals surface area (Å²) in [7, 11) is 0. The topological polar surface area (TPSA) is 65.4 Å². The fraction of sp³-hybridized carbons (Fsp3) is 0.294. The zero-order valence-corrected chi connectivity index (χ0v) is 12.3. The van der Waals surface area contributed by atoms with Crippen LogP contribution >= 0.6 is 0 Å². The lowest BCUT2D eigenvalue weighted by molar-refractivity contribution is -0.133. The molecule has 5 heteroatoms. The number of hydrogen-bond acceptors (Lipinski definition) is 4. The molecular formula is C17H19N3O2. The summed E-state index contributed by atoms with van der Waals surface area (Å²) < 4.78 is 5.75. The summed E-state index contributed by atoms with van der Waals surface area (Å²) in [5, 5.41) is 12.6. The van der Waals surface area contributed by atoms with E-state index in [0.29, 0.717) is 5.75 Å². The Morgan fingerprint density at radius 3 is 2.64 bits per heavy atom. The van der Waals surface area contributed by atoms with Gasteiger partial charge in [0.05, 0.1) is 0 Å². The molecule has 5 nitrogen and oxygen atoms in total. The molecule has 22 heavy (non-hydrogen) atoms. The van der Waals surface area contributed by atoms with Crippen molar-refractivity contribution in [1.29, 1.82) is 5.41 Å². The van der Waals surface area contributed by atoms with E-state index in [4.69, 9.17) is 10.1 Å². The highest BCUT2D eigenvalue weighted by Gasteiger charge is 2.17. The minimum Gasteiger partial charge on any atom is -0.483 e. The first-order chi connectivity index (χ1) is 10.8. The van der Waals surface area contributed by atoms with Gasteiger partial charge in [0.1, 0.15) is 5.75 Å². The van der Waals surface area contributed by atoms with E-state index in [1.54, 1.807) is 0 Å². The monoisotopic (exact) mass is 297 g/mol. The molecule has 0 spiro atoms. The Morgan fingerprint density at radius 1 is 1.18 bits per heavy atom. The van der Waals surface area contributed by atoms with E-state index < -0.39 is 0 Å². The van der Waals surface area contributed by atoms with Gasteiger partial charge in [-0.05, 0) is 17.5 Å². The third-order valence-electron chi connectivity index (χ3n) is 3.89. The van der Waals surface area contributed by atoms with Gasteiger partial charge in [0.15, 0.2) is 6.61 Å². The van der Waals surface area contributed by atoms with Gasteiger partial charge in [0, 0.05) is 43.3 Å². The lowest BCUT2D eigenvalue weighted by Gasteiger charge is -2.27. The molecule has 1 fully saturated rings. The number of amides is 1. The molecule has 0 radical (unpaired) electrons. The van der Waals surface area contributed by atoms with Crippen LogP contribution in [0.1, 0.15) is 5.56 Å². The summed E-state index contributed by atoms with van der Waals surface area (Å²) in [5.74, 6) is 0.700. The average molecular weight is 297 g/mol. The lowest BCUT2D eigenvalue weighted by atomic mass is 10.0. The fourth-order valence-corrected chi connectivity index (χ4v) is 2.69. The van der Waals surface area contributed by atoms with Gasteiger partial charge in [-0.25, -0.2) is 0 Å². The van der Waals surface area contributed by atoms with Crippen molar-refractivity contribution in [2.45, 2.75) is 0 Å². The van der Waals surface area contributed by atoms with Crippen molar-refractivity contribution in [1.82, 2.24) is 10.2 Å². The van der Waals surface area contributed by atoms with Crippen LogP contribution < -0.4 is 10.1 Å². The van der Waals surface area contributed by atoms with Crippen LogP contribution in [0.25, 0.3) is 10.8 Å². The molecule has 1 aliphatic rings. The number of benzene rings is 2. The van der Waals surface area contributed by atoms with Crippen LogP contribution in [0.15, 0.2) is 36.4 Å². The van der Waals surface area contributed by atoms with Crippen LogP contribution in [-0.4, -0.2) is 49.8 Å².